The number of anilines is 4. The van der Waals surface area contributed by atoms with Crippen LogP contribution in [0.25, 0.3) is 0 Å². The molecule has 1 aromatic carbocycles. The minimum absolute atomic E-state index is 0.125. The Morgan fingerprint density at radius 1 is 1.32 bits per heavy atom. The van der Waals surface area contributed by atoms with Crippen LogP contribution in [0.3, 0.4) is 0 Å². The number of carbonyl (C=O) groups excluding carboxylic acids is 1. The number of nitrogens with two attached hydrogens (primary N) is 2. The van der Waals surface area contributed by atoms with E-state index in [4.69, 9.17) is 41.7 Å². The Labute approximate surface area is 283 Å². The Hall–Kier alpha value is -3.19. The number of carbonyl (C=O) groups is 1. The molecular weight excluding hydrogens is 643 g/mol. The number of fused-ring (bicyclic) bond motifs is 1. The summed E-state index contributed by atoms with van der Waals surface area (Å²) in [7, 11) is -0.0586. The molecule has 4 rings (SSSR count). The Morgan fingerprint density at radius 3 is 2.74 bits per heavy atom. The Kier molecular flexibility index (Phi) is 13.5. The summed E-state index contributed by atoms with van der Waals surface area (Å²) in [5, 5.41) is 8.50. The highest BCUT2D eigenvalue weighted by Crippen LogP contribution is 2.43. The highest BCUT2D eigenvalue weighted by atomic mass is 35.5. The second-order valence-corrected chi connectivity index (χ2v) is 13.3. The zero-order chi connectivity index (χ0) is 34.1. The lowest BCUT2D eigenvalue weighted by Gasteiger charge is -2.28. The Balaban J connectivity index is 1.37. The first kappa shape index (κ1) is 36.6. The third-order valence-electron chi connectivity index (χ3n) is 7.95. The van der Waals surface area contributed by atoms with Crippen molar-refractivity contribution in [2.45, 2.75) is 78.7 Å². The van der Waals surface area contributed by atoms with E-state index in [1.165, 1.54) is 16.2 Å². The summed E-state index contributed by atoms with van der Waals surface area (Å²) in [6.45, 7) is 11.2. The average Bonchev–Trinajstić information content (AvgIpc) is 3.63. The largest absolute Gasteiger partial charge is 0.464 e. The molecule has 3 heterocycles. The van der Waals surface area contributed by atoms with E-state index in [-0.39, 0.29) is 36.8 Å². The summed E-state index contributed by atoms with van der Waals surface area (Å²) in [4.78, 5) is 23.7. The molecule has 1 saturated heterocycles. The monoisotopic (exact) mass is 690 g/mol. The number of hydrazine groups is 1. The molecule has 13 nitrogen and oxygen atoms in total. The zero-order valence-corrected chi connectivity index (χ0v) is 29.7. The lowest BCUT2D eigenvalue weighted by Crippen LogP contribution is -2.39. The van der Waals surface area contributed by atoms with Gasteiger partial charge in [0.2, 0.25) is 5.95 Å². The normalized spacial score (nSPS) is 20.9. The molecule has 2 aromatic rings. The summed E-state index contributed by atoms with van der Waals surface area (Å²) >= 11 is 6.08. The van der Waals surface area contributed by atoms with E-state index < -0.39 is 14.6 Å². The maximum atomic E-state index is 13.0. The fraction of sp³-hybridized carbons (Fsp3) is 0.531. The maximum absolute atomic E-state index is 13.0. The smallest absolute Gasteiger partial charge is 0.323 e. The first-order valence-electron chi connectivity index (χ1n) is 16.0. The molecule has 258 valence electrons. The van der Waals surface area contributed by atoms with Crippen molar-refractivity contribution in [2.24, 2.45) is 11.8 Å². The van der Waals surface area contributed by atoms with Crippen LogP contribution in [0.1, 0.15) is 60.3 Å². The van der Waals surface area contributed by atoms with Crippen molar-refractivity contribution >= 4 is 49.4 Å². The fourth-order valence-electron chi connectivity index (χ4n) is 5.44. The third-order valence-corrected chi connectivity index (χ3v) is 9.56. The summed E-state index contributed by atoms with van der Waals surface area (Å²) in [6.07, 6.45) is 7.04. The predicted molar refractivity (Wildman–Crippen MR) is 188 cm³/mol. The van der Waals surface area contributed by atoms with Gasteiger partial charge >= 0.3 is 14.5 Å². The van der Waals surface area contributed by atoms with Gasteiger partial charge in [0.1, 0.15) is 23.7 Å². The number of ether oxygens (including phenoxy) is 2. The predicted octanol–water partition coefficient (Wildman–Crippen LogP) is 5.89. The van der Waals surface area contributed by atoms with Gasteiger partial charge in [-0.25, -0.2) is 10.9 Å². The summed E-state index contributed by atoms with van der Waals surface area (Å²) in [6, 6.07) is 6.30. The van der Waals surface area contributed by atoms with E-state index in [2.05, 4.69) is 60.2 Å². The van der Waals surface area contributed by atoms with E-state index in [9.17, 15) is 4.79 Å². The van der Waals surface area contributed by atoms with Crippen molar-refractivity contribution in [3.63, 3.8) is 0 Å². The number of hydrogen-bond acceptors (Lipinski definition) is 13. The van der Waals surface area contributed by atoms with Gasteiger partial charge in [-0.1, -0.05) is 55.7 Å². The van der Waals surface area contributed by atoms with E-state index in [0.29, 0.717) is 47.8 Å². The van der Waals surface area contributed by atoms with Crippen molar-refractivity contribution in [1.82, 2.24) is 15.1 Å². The Morgan fingerprint density at radius 2 is 2.06 bits per heavy atom. The fourth-order valence-corrected chi connectivity index (χ4v) is 6.78. The first-order valence-corrected chi connectivity index (χ1v) is 17.5. The van der Waals surface area contributed by atoms with Crippen molar-refractivity contribution < 1.29 is 23.3 Å². The second-order valence-electron chi connectivity index (χ2n) is 11.7. The van der Waals surface area contributed by atoms with Crippen LogP contribution in [-0.2, 0) is 18.8 Å². The van der Waals surface area contributed by atoms with Gasteiger partial charge in [0.25, 0.3) is 0 Å². The van der Waals surface area contributed by atoms with E-state index in [0.717, 1.165) is 19.3 Å². The van der Waals surface area contributed by atoms with Crippen LogP contribution in [0.15, 0.2) is 47.6 Å². The van der Waals surface area contributed by atoms with Crippen molar-refractivity contribution in [3.8, 4) is 5.75 Å². The van der Waals surface area contributed by atoms with Gasteiger partial charge in [-0.05, 0) is 57.4 Å². The topological polar surface area (TPSA) is 162 Å². The van der Waals surface area contributed by atoms with E-state index in [1.54, 1.807) is 38.2 Å². The summed E-state index contributed by atoms with van der Waals surface area (Å²) in [5.74, 6) is 7.57. The van der Waals surface area contributed by atoms with Gasteiger partial charge in [-0.2, -0.15) is 9.97 Å². The molecular formula is C32H48ClN8O5P. The molecule has 5 atom stereocenters. The van der Waals surface area contributed by atoms with Crippen LogP contribution in [-0.4, -0.2) is 61.2 Å². The van der Waals surface area contributed by atoms with Gasteiger partial charge in [-0.3, -0.25) is 9.80 Å². The minimum atomic E-state index is -1.75. The number of nitrogens with one attached hydrogen (secondary N) is 2. The van der Waals surface area contributed by atoms with E-state index in [1.807, 2.05) is 4.90 Å². The molecule has 0 aliphatic carbocycles. The molecule has 0 radical (unpaired) electrons. The molecule has 1 fully saturated rings. The number of rotatable bonds is 16. The lowest BCUT2D eigenvalue weighted by atomic mass is 10.0. The molecule has 5 unspecified atom stereocenters. The molecule has 1 aromatic heterocycles. The van der Waals surface area contributed by atoms with Gasteiger partial charge < -0.3 is 34.5 Å². The van der Waals surface area contributed by atoms with Crippen molar-refractivity contribution in [1.29, 1.82) is 0 Å². The second kappa shape index (κ2) is 17.3. The molecule has 2 aliphatic rings. The van der Waals surface area contributed by atoms with Gasteiger partial charge in [0, 0.05) is 24.4 Å². The molecule has 2 aliphatic heterocycles. The molecule has 47 heavy (non-hydrogen) atoms. The number of nitrogen functional groups attached to an aromatic ring is 1. The van der Waals surface area contributed by atoms with Crippen LogP contribution in [0.5, 0.6) is 5.75 Å². The van der Waals surface area contributed by atoms with Crippen LogP contribution >= 0.6 is 20.1 Å². The van der Waals surface area contributed by atoms with Crippen LogP contribution in [0, 0.1) is 5.92 Å². The first-order chi connectivity index (χ1) is 22.5. The third kappa shape index (κ3) is 9.91. The van der Waals surface area contributed by atoms with Crippen molar-refractivity contribution in [2.75, 3.05) is 47.9 Å². The number of benzene rings is 1. The van der Waals surface area contributed by atoms with Crippen LogP contribution in [0.4, 0.5) is 23.3 Å². The molecule has 6 N–H and O–H groups in total. The number of esters is 1. The van der Waals surface area contributed by atoms with Gasteiger partial charge in [0.05, 0.1) is 26.0 Å². The minimum Gasteiger partial charge on any atom is -0.464 e. The highest BCUT2D eigenvalue weighted by Gasteiger charge is 2.41. The van der Waals surface area contributed by atoms with Gasteiger partial charge in [0.15, 0.2) is 11.6 Å². The molecule has 0 amide bonds. The average molecular weight is 691 g/mol. The molecule has 15 heteroatoms. The number of aromatic nitrogens is 2. The van der Waals surface area contributed by atoms with Gasteiger partial charge in [-0.15, -0.1) is 0 Å². The standard InChI is InChI=1S/C32H48ClN8O5P/c1-7-9-10-20(3)23(8-2)15-16-43-31(42)22(5)39-47(46-25-13-11-24(33)12-14-25)44-18-26-17-21(4)30(45-26)41-19-36-27-28(40(6)35)37-32(34)38-29(27)41/h9-14,21-22,26,30,36,39H,7-8,15-19,35H2,1-6H3,(H2,34,37,38)/b10-9-,23-20+. The molecule has 0 bridgehead atoms. The Bertz CT molecular complexity index is 1410. The maximum Gasteiger partial charge on any atom is 0.323 e. The number of halogens is 1. The molecule has 0 spiro atoms. The number of allylic oxidation sites excluding steroid dienone is 3. The summed E-state index contributed by atoms with van der Waals surface area (Å²) < 4.78 is 24.5. The van der Waals surface area contributed by atoms with Crippen LogP contribution in [0.2, 0.25) is 5.02 Å². The summed E-state index contributed by atoms with van der Waals surface area (Å²) in [5.41, 5.74) is 9.18. The number of hydrogen-bond donors (Lipinski definition) is 4. The van der Waals surface area contributed by atoms with Crippen molar-refractivity contribution in [3.05, 3.63) is 52.6 Å². The highest BCUT2D eigenvalue weighted by molar-refractivity contribution is 7.45. The molecule has 0 saturated carbocycles. The number of nitrogens with zero attached hydrogens (tertiary/aromatic N) is 4. The lowest BCUT2D eigenvalue weighted by molar-refractivity contribution is -0.145. The SMILES string of the molecule is CC/C=C\C(C)=C(/CC)CCOC(=O)C(C)NP(OCC1CC(C)C(N2CNc3c(N(C)N)nc(N)nc32)O1)Oc1ccc(Cl)cc1. The quantitative estimate of drug-likeness (QED) is 0.0543. The van der Waals surface area contributed by atoms with E-state index >= 15 is 0 Å². The zero-order valence-electron chi connectivity index (χ0n) is 28.0. The van der Waals surface area contributed by atoms with Crippen LogP contribution < -0.4 is 36.4 Å².